The van der Waals surface area contributed by atoms with Gasteiger partial charge in [-0.05, 0) is 19.1 Å². The zero-order valence-corrected chi connectivity index (χ0v) is 11.3. The lowest BCUT2D eigenvalue weighted by Gasteiger charge is -2.13. The first kappa shape index (κ1) is 13.5. The van der Waals surface area contributed by atoms with Gasteiger partial charge in [-0.25, -0.2) is 0 Å². The molecule has 4 nitrogen and oxygen atoms in total. The van der Waals surface area contributed by atoms with E-state index in [1.807, 2.05) is 31.2 Å². The number of nitrogens with one attached hydrogen (secondary N) is 1. The lowest BCUT2D eigenvalue weighted by atomic mass is 10.2. The van der Waals surface area contributed by atoms with Crippen molar-refractivity contribution in [3.05, 3.63) is 47.9 Å². The predicted molar refractivity (Wildman–Crippen MR) is 73.4 cm³/mol. The van der Waals surface area contributed by atoms with Gasteiger partial charge in [0.25, 0.3) is 0 Å². The highest BCUT2D eigenvalue weighted by Crippen LogP contribution is 2.30. The number of benzene rings is 1. The molecule has 1 aromatic heterocycles. The summed E-state index contributed by atoms with van der Waals surface area (Å²) in [4.78, 5) is 0. The van der Waals surface area contributed by atoms with Crippen LogP contribution in [-0.2, 0) is 13.1 Å². The zero-order chi connectivity index (χ0) is 13.5. The van der Waals surface area contributed by atoms with Crippen LogP contribution >= 0.6 is 0 Å². The van der Waals surface area contributed by atoms with Gasteiger partial charge in [0, 0.05) is 24.2 Å². The molecule has 2 aromatic rings. The molecule has 19 heavy (non-hydrogen) atoms. The van der Waals surface area contributed by atoms with Crippen molar-refractivity contribution in [3.63, 3.8) is 0 Å². The Morgan fingerprint density at radius 3 is 2.79 bits per heavy atom. The zero-order valence-electron chi connectivity index (χ0n) is 11.3. The topological polar surface area (TPSA) is 43.6 Å². The van der Waals surface area contributed by atoms with Crippen LogP contribution in [0.25, 0.3) is 0 Å². The molecule has 4 heteroatoms. The molecule has 0 fully saturated rings. The van der Waals surface area contributed by atoms with Crippen molar-refractivity contribution in [3.8, 4) is 11.5 Å². The number of hydrogen-bond acceptors (Lipinski definition) is 4. The number of furan rings is 1. The highest BCUT2D eigenvalue weighted by atomic mass is 16.5. The van der Waals surface area contributed by atoms with E-state index in [4.69, 9.17) is 13.9 Å². The maximum absolute atomic E-state index is 5.55. The van der Waals surface area contributed by atoms with Crippen molar-refractivity contribution in [1.29, 1.82) is 0 Å². The van der Waals surface area contributed by atoms with Crippen LogP contribution < -0.4 is 14.8 Å². The number of para-hydroxylation sites is 1. The molecule has 0 aliphatic carbocycles. The molecule has 0 aliphatic heterocycles. The molecule has 0 saturated heterocycles. The second-order valence-electron chi connectivity index (χ2n) is 4.12. The van der Waals surface area contributed by atoms with Gasteiger partial charge in [0.15, 0.2) is 11.5 Å². The fourth-order valence-corrected chi connectivity index (χ4v) is 1.94. The van der Waals surface area contributed by atoms with Crippen LogP contribution in [0, 0.1) is 0 Å². The minimum atomic E-state index is 0.627. The second kappa shape index (κ2) is 6.85. The van der Waals surface area contributed by atoms with Gasteiger partial charge < -0.3 is 19.2 Å². The third-order valence-electron chi connectivity index (χ3n) is 2.79. The average Bonchev–Trinajstić information content (AvgIpc) is 2.93. The number of hydrogen-bond donors (Lipinski definition) is 1. The smallest absolute Gasteiger partial charge is 0.165 e. The van der Waals surface area contributed by atoms with E-state index >= 15 is 0 Å². The Morgan fingerprint density at radius 1 is 1.21 bits per heavy atom. The molecule has 0 unspecified atom stereocenters. The molecule has 102 valence electrons. The van der Waals surface area contributed by atoms with E-state index in [0.29, 0.717) is 6.61 Å². The molecule has 0 aliphatic rings. The van der Waals surface area contributed by atoms with Gasteiger partial charge in [-0.2, -0.15) is 0 Å². The normalized spacial score (nSPS) is 10.4. The van der Waals surface area contributed by atoms with Gasteiger partial charge in [-0.3, -0.25) is 0 Å². The molecule has 0 radical (unpaired) electrons. The number of ether oxygens (including phenoxy) is 2. The minimum absolute atomic E-state index is 0.627. The monoisotopic (exact) mass is 261 g/mol. The summed E-state index contributed by atoms with van der Waals surface area (Å²) in [5.74, 6) is 1.58. The minimum Gasteiger partial charge on any atom is -0.493 e. The maximum atomic E-state index is 5.55. The van der Waals surface area contributed by atoms with Gasteiger partial charge in [0.2, 0.25) is 0 Å². The van der Waals surface area contributed by atoms with Crippen LogP contribution in [0.5, 0.6) is 11.5 Å². The Labute approximate surface area is 113 Å². The molecular weight excluding hydrogens is 242 g/mol. The predicted octanol–water partition coefficient (Wildman–Crippen LogP) is 2.98. The van der Waals surface area contributed by atoms with E-state index in [2.05, 4.69) is 5.32 Å². The highest BCUT2D eigenvalue weighted by Gasteiger charge is 2.09. The molecule has 0 amide bonds. The first-order valence-electron chi connectivity index (χ1n) is 6.35. The van der Waals surface area contributed by atoms with E-state index in [-0.39, 0.29) is 0 Å². The van der Waals surface area contributed by atoms with E-state index < -0.39 is 0 Å². The molecule has 2 rings (SSSR count). The summed E-state index contributed by atoms with van der Waals surface area (Å²) in [7, 11) is 1.66. The SMILES string of the molecule is CCOc1cccc(CNCc2ccoc2)c1OC. The van der Waals surface area contributed by atoms with Crippen molar-refractivity contribution in [2.45, 2.75) is 20.0 Å². The Bertz CT molecular complexity index is 494. The number of methoxy groups -OCH3 is 1. The first-order valence-corrected chi connectivity index (χ1v) is 6.35. The summed E-state index contributed by atoms with van der Waals surface area (Å²) in [5.41, 5.74) is 2.21. The first-order chi connectivity index (χ1) is 9.35. The molecule has 0 saturated carbocycles. The van der Waals surface area contributed by atoms with Gasteiger partial charge >= 0.3 is 0 Å². The summed E-state index contributed by atoms with van der Waals surface area (Å²) >= 11 is 0. The third-order valence-corrected chi connectivity index (χ3v) is 2.79. The van der Waals surface area contributed by atoms with Crippen molar-refractivity contribution < 1.29 is 13.9 Å². The molecule has 0 spiro atoms. The third kappa shape index (κ3) is 3.51. The molecule has 1 N–H and O–H groups in total. The molecule has 1 heterocycles. The lowest BCUT2D eigenvalue weighted by molar-refractivity contribution is 0.308. The Morgan fingerprint density at radius 2 is 2.11 bits per heavy atom. The van der Waals surface area contributed by atoms with Crippen LogP contribution in [0.3, 0.4) is 0 Å². The lowest BCUT2D eigenvalue weighted by Crippen LogP contribution is -2.13. The average molecular weight is 261 g/mol. The van der Waals surface area contributed by atoms with Crippen molar-refractivity contribution in [2.24, 2.45) is 0 Å². The fraction of sp³-hybridized carbons (Fsp3) is 0.333. The highest BCUT2D eigenvalue weighted by molar-refractivity contribution is 5.46. The molecular formula is C15H19NO3. The maximum Gasteiger partial charge on any atom is 0.165 e. The largest absolute Gasteiger partial charge is 0.493 e. The van der Waals surface area contributed by atoms with Crippen LogP contribution in [0.2, 0.25) is 0 Å². The summed E-state index contributed by atoms with van der Waals surface area (Å²) < 4.78 is 16.0. The van der Waals surface area contributed by atoms with Crippen LogP contribution in [-0.4, -0.2) is 13.7 Å². The van der Waals surface area contributed by atoms with Crippen molar-refractivity contribution in [1.82, 2.24) is 5.32 Å². The summed E-state index contributed by atoms with van der Waals surface area (Å²) in [6.45, 7) is 4.07. The van der Waals surface area contributed by atoms with E-state index in [0.717, 1.165) is 35.7 Å². The summed E-state index contributed by atoms with van der Waals surface area (Å²) in [6.07, 6.45) is 3.41. The van der Waals surface area contributed by atoms with Gasteiger partial charge in [-0.15, -0.1) is 0 Å². The molecule has 1 aromatic carbocycles. The fourth-order valence-electron chi connectivity index (χ4n) is 1.94. The van der Waals surface area contributed by atoms with Crippen molar-refractivity contribution >= 4 is 0 Å². The van der Waals surface area contributed by atoms with Gasteiger partial charge in [0.05, 0.1) is 26.2 Å². The summed E-state index contributed by atoms with van der Waals surface area (Å²) in [6, 6.07) is 7.87. The quantitative estimate of drug-likeness (QED) is 0.832. The molecule has 0 bridgehead atoms. The van der Waals surface area contributed by atoms with Gasteiger partial charge in [-0.1, -0.05) is 12.1 Å². The van der Waals surface area contributed by atoms with E-state index in [1.54, 1.807) is 19.6 Å². The van der Waals surface area contributed by atoms with Crippen LogP contribution in [0.1, 0.15) is 18.1 Å². The van der Waals surface area contributed by atoms with Crippen LogP contribution in [0.15, 0.2) is 41.2 Å². The summed E-state index contributed by atoms with van der Waals surface area (Å²) in [5, 5.41) is 3.35. The Kier molecular flexibility index (Phi) is 4.86. The van der Waals surface area contributed by atoms with Gasteiger partial charge in [0.1, 0.15) is 0 Å². The van der Waals surface area contributed by atoms with E-state index in [1.165, 1.54) is 0 Å². The Hall–Kier alpha value is -1.94. The molecule has 0 atom stereocenters. The standard InChI is InChI=1S/C15H19NO3/c1-3-19-14-6-4-5-13(15(14)17-2)10-16-9-12-7-8-18-11-12/h4-8,11,16H,3,9-10H2,1-2H3. The van der Waals surface area contributed by atoms with Crippen LogP contribution in [0.4, 0.5) is 0 Å². The van der Waals surface area contributed by atoms with E-state index in [9.17, 15) is 0 Å². The second-order valence-corrected chi connectivity index (χ2v) is 4.12. The number of rotatable bonds is 7. The Balaban J connectivity index is 2.00. The van der Waals surface area contributed by atoms with Crippen molar-refractivity contribution in [2.75, 3.05) is 13.7 Å².